The van der Waals surface area contributed by atoms with Gasteiger partial charge < -0.3 is 4.90 Å². The number of anilines is 1. The van der Waals surface area contributed by atoms with Gasteiger partial charge in [-0.05, 0) is 50.3 Å². The third-order valence-corrected chi connectivity index (χ3v) is 5.37. The zero-order chi connectivity index (χ0) is 13.2. The summed E-state index contributed by atoms with van der Waals surface area (Å²) in [5.41, 5.74) is 1.42. The maximum atomic E-state index is 2.71. The van der Waals surface area contributed by atoms with Gasteiger partial charge >= 0.3 is 0 Å². The molecular weight excluding hydrogens is 252 g/mol. The van der Waals surface area contributed by atoms with Crippen molar-refractivity contribution in [3.63, 3.8) is 0 Å². The lowest BCUT2D eigenvalue weighted by molar-refractivity contribution is 0.194. The molecule has 0 aliphatic carbocycles. The Labute approximate surface area is 121 Å². The van der Waals surface area contributed by atoms with Crippen LogP contribution in [-0.4, -0.2) is 42.9 Å². The molecule has 19 heavy (non-hydrogen) atoms. The highest BCUT2D eigenvalue weighted by Crippen LogP contribution is 2.31. The van der Waals surface area contributed by atoms with Crippen molar-refractivity contribution < 1.29 is 0 Å². The summed E-state index contributed by atoms with van der Waals surface area (Å²) in [6, 6.07) is 10.5. The van der Waals surface area contributed by atoms with E-state index in [1.165, 1.54) is 49.5 Å². The fourth-order valence-electron chi connectivity index (χ4n) is 3.54. The molecule has 2 aliphatic rings. The van der Waals surface area contributed by atoms with E-state index in [1.54, 1.807) is 0 Å². The summed E-state index contributed by atoms with van der Waals surface area (Å²) in [4.78, 5) is 6.75. The average Bonchev–Trinajstić information content (AvgIpc) is 2.93. The van der Waals surface area contributed by atoms with Gasteiger partial charge in [-0.2, -0.15) is 0 Å². The summed E-state index contributed by atoms with van der Waals surface area (Å²) in [6.07, 6.45) is 6.17. The standard InChI is InChI=1S/C16H24N2S/c1-3-13-11-17-9-5-7-15(17)12-18(13)14-6-4-8-16(10-14)19-2/h4,6,8,10,13,15H,3,5,7,9,11-12H2,1-2H3. The first kappa shape index (κ1) is 13.3. The Bertz CT molecular complexity index is 435. The highest BCUT2D eigenvalue weighted by molar-refractivity contribution is 7.98. The molecule has 2 aliphatic heterocycles. The second kappa shape index (κ2) is 5.76. The first-order chi connectivity index (χ1) is 9.31. The van der Waals surface area contributed by atoms with Crippen molar-refractivity contribution in [3.8, 4) is 0 Å². The van der Waals surface area contributed by atoms with Gasteiger partial charge in [-0.15, -0.1) is 11.8 Å². The van der Waals surface area contributed by atoms with Crippen molar-refractivity contribution in [2.24, 2.45) is 0 Å². The monoisotopic (exact) mass is 276 g/mol. The van der Waals surface area contributed by atoms with Gasteiger partial charge in [0.15, 0.2) is 0 Å². The van der Waals surface area contributed by atoms with Crippen LogP contribution in [0.2, 0.25) is 0 Å². The highest BCUT2D eigenvalue weighted by atomic mass is 32.2. The van der Waals surface area contributed by atoms with Crippen LogP contribution in [0.25, 0.3) is 0 Å². The molecule has 0 amide bonds. The third kappa shape index (κ3) is 2.63. The van der Waals surface area contributed by atoms with Crippen LogP contribution in [0.1, 0.15) is 26.2 Å². The van der Waals surface area contributed by atoms with E-state index in [9.17, 15) is 0 Å². The first-order valence-corrected chi connectivity index (χ1v) is 8.69. The number of fused-ring (bicyclic) bond motifs is 1. The molecule has 3 heteroatoms. The zero-order valence-electron chi connectivity index (χ0n) is 12.0. The molecule has 0 N–H and O–H groups in total. The van der Waals surface area contributed by atoms with E-state index in [2.05, 4.69) is 47.2 Å². The maximum absolute atomic E-state index is 2.71. The number of hydrogen-bond acceptors (Lipinski definition) is 3. The summed E-state index contributed by atoms with van der Waals surface area (Å²) in [5, 5.41) is 0. The zero-order valence-corrected chi connectivity index (χ0v) is 12.8. The summed E-state index contributed by atoms with van der Waals surface area (Å²) in [7, 11) is 0. The normalized spacial score (nSPS) is 27.6. The molecule has 2 unspecified atom stereocenters. The van der Waals surface area contributed by atoms with Crippen molar-refractivity contribution in [1.82, 2.24) is 4.90 Å². The predicted octanol–water partition coefficient (Wildman–Crippen LogP) is 3.47. The molecule has 2 fully saturated rings. The number of nitrogens with zero attached hydrogens (tertiary/aromatic N) is 2. The molecule has 2 nitrogen and oxygen atoms in total. The minimum absolute atomic E-state index is 0.687. The van der Waals surface area contributed by atoms with Crippen LogP contribution >= 0.6 is 11.8 Å². The predicted molar refractivity (Wildman–Crippen MR) is 84.2 cm³/mol. The van der Waals surface area contributed by atoms with Gasteiger partial charge in [0.25, 0.3) is 0 Å². The van der Waals surface area contributed by atoms with E-state index in [-0.39, 0.29) is 0 Å². The summed E-state index contributed by atoms with van der Waals surface area (Å²) in [6.45, 7) is 6.12. The minimum Gasteiger partial charge on any atom is -0.366 e. The van der Waals surface area contributed by atoms with Gasteiger partial charge in [0.05, 0.1) is 0 Å². The number of benzene rings is 1. The maximum Gasteiger partial charge on any atom is 0.0415 e. The van der Waals surface area contributed by atoms with Gasteiger partial charge in [0.1, 0.15) is 0 Å². The molecule has 2 atom stereocenters. The molecule has 3 rings (SSSR count). The summed E-state index contributed by atoms with van der Waals surface area (Å²) in [5.74, 6) is 0. The van der Waals surface area contributed by atoms with Gasteiger partial charge in [0, 0.05) is 35.8 Å². The van der Waals surface area contributed by atoms with E-state index >= 15 is 0 Å². The van der Waals surface area contributed by atoms with Crippen molar-refractivity contribution >= 4 is 17.4 Å². The van der Waals surface area contributed by atoms with Gasteiger partial charge in [-0.3, -0.25) is 4.90 Å². The quantitative estimate of drug-likeness (QED) is 0.781. The lowest BCUT2D eigenvalue weighted by Gasteiger charge is -2.45. The van der Waals surface area contributed by atoms with Crippen LogP contribution in [0.3, 0.4) is 0 Å². The lowest BCUT2D eigenvalue weighted by Crippen LogP contribution is -2.56. The van der Waals surface area contributed by atoms with Crippen LogP contribution in [0.4, 0.5) is 5.69 Å². The number of thioether (sulfide) groups is 1. The molecule has 1 aromatic carbocycles. The fraction of sp³-hybridized carbons (Fsp3) is 0.625. The highest BCUT2D eigenvalue weighted by Gasteiger charge is 2.35. The first-order valence-electron chi connectivity index (χ1n) is 7.46. The Morgan fingerprint density at radius 3 is 3.00 bits per heavy atom. The van der Waals surface area contributed by atoms with E-state index < -0.39 is 0 Å². The van der Waals surface area contributed by atoms with Crippen molar-refractivity contribution in [2.75, 3.05) is 30.8 Å². The topological polar surface area (TPSA) is 6.48 Å². The molecule has 0 radical (unpaired) electrons. The molecule has 1 aromatic rings. The molecule has 0 saturated carbocycles. The Balaban J connectivity index is 1.84. The molecule has 2 saturated heterocycles. The Morgan fingerprint density at radius 2 is 2.21 bits per heavy atom. The Kier molecular flexibility index (Phi) is 4.04. The molecule has 0 spiro atoms. The molecule has 2 heterocycles. The lowest BCUT2D eigenvalue weighted by atomic mass is 10.0. The number of hydrogen-bond donors (Lipinski definition) is 0. The smallest absolute Gasteiger partial charge is 0.0415 e. The van der Waals surface area contributed by atoms with Crippen molar-refractivity contribution in [2.45, 2.75) is 43.2 Å². The van der Waals surface area contributed by atoms with Crippen LogP contribution < -0.4 is 4.90 Å². The molecule has 0 bridgehead atoms. The van der Waals surface area contributed by atoms with Crippen LogP contribution in [0, 0.1) is 0 Å². The number of rotatable bonds is 3. The van der Waals surface area contributed by atoms with E-state index in [1.807, 2.05) is 11.8 Å². The fourth-order valence-corrected chi connectivity index (χ4v) is 4.00. The largest absolute Gasteiger partial charge is 0.366 e. The SMILES string of the molecule is CCC1CN2CCCC2CN1c1cccc(SC)c1. The number of piperazine rings is 1. The van der Waals surface area contributed by atoms with Crippen LogP contribution in [0.15, 0.2) is 29.2 Å². The van der Waals surface area contributed by atoms with Gasteiger partial charge in [0.2, 0.25) is 0 Å². The van der Waals surface area contributed by atoms with E-state index in [0.717, 1.165) is 6.04 Å². The van der Waals surface area contributed by atoms with E-state index in [4.69, 9.17) is 0 Å². The average molecular weight is 276 g/mol. The van der Waals surface area contributed by atoms with Crippen molar-refractivity contribution in [3.05, 3.63) is 24.3 Å². The molecule has 104 valence electrons. The Hall–Kier alpha value is -0.670. The molecular formula is C16H24N2S. The molecule has 0 aromatic heterocycles. The third-order valence-electron chi connectivity index (χ3n) is 4.65. The minimum atomic E-state index is 0.687. The van der Waals surface area contributed by atoms with E-state index in [0.29, 0.717) is 6.04 Å². The second-order valence-electron chi connectivity index (χ2n) is 5.71. The van der Waals surface area contributed by atoms with Gasteiger partial charge in [-0.25, -0.2) is 0 Å². The summed E-state index contributed by atoms with van der Waals surface area (Å²) < 4.78 is 0. The van der Waals surface area contributed by atoms with Crippen LogP contribution in [0.5, 0.6) is 0 Å². The van der Waals surface area contributed by atoms with Crippen LogP contribution in [-0.2, 0) is 0 Å². The van der Waals surface area contributed by atoms with Gasteiger partial charge in [-0.1, -0.05) is 13.0 Å². The Morgan fingerprint density at radius 1 is 1.32 bits per heavy atom. The van der Waals surface area contributed by atoms with Crippen molar-refractivity contribution in [1.29, 1.82) is 0 Å². The second-order valence-corrected chi connectivity index (χ2v) is 6.59. The summed E-state index contributed by atoms with van der Waals surface area (Å²) >= 11 is 1.84.